The van der Waals surface area contributed by atoms with Crippen LogP contribution in [0.3, 0.4) is 0 Å². The summed E-state index contributed by atoms with van der Waals surface area (Å²) < 4.78 is 0. The van der Waals surface area contributed by atoms with Crippen molar-refractivity contribution in [2.45, 2.75) is 31.6 Å². The maximum Gasteiger partial charge on any atom is 0.365 e. The van der Waals surface area contributed by atoms with Gasteiger partial charge in [-0.15, -0.1) is 11.3 Å². The van der Waals surface area contributed by atoms with Crippen molar-refractivity contribution in [1.29, 1.82) is 0 Å². The first-order valence-electron chi connectivity index (χ1n) is 4.87. The van der Waals surface area contributed by atoms with Gasteiger partial charge >= 0.3 is 5.97 Å². The Hall–Kier alpha value is -1.23. The van der Waals surface area contributed by atoms with Crippen molar-refractivity contribution in [3.8, 4) is 0 Å². The second-order valence-corrected chi connectivity index (χ2v) is 4.75. The number of aromatic carboxylic acids is 1. The minimum Gasteiger partial charge on any atom is -0.476 e. The van der Waals surface area contributed by atoms with Gasteiger partial charge < -0.3 is 5.11 Å². The number of hydrogen-bond donors (Lipinski definition) is 1. The first-order valence-corrected chi connectivity index (χ1v) is 5.69. The van der Waals surface area contributed by atoms with Gasteiger partial charge in [-0.25, -0.2) is 9.78 Å². The molecule has 1 N–H and O–H groups in total. The molecule has 2 rings (SSSR count). The molecule has 0 atom stereocenters. The Morgan fingerprint density at radius 3 is 2.67 bits per heavy atom. The minimum absolute atomic E-state index is 0.141. The second kappa shape index (κ2) is 4.10. The van der Waals surface area contributed by atoms with E-state index in [2.05, 4.69) is 4.98 Å². The van der Waals surface area contributed by atoms with E-state index in [0.717, 1.165) is 17.7 Å². The first-order chi connectivity index (χ1) is 7.16. The Morgan fingerprint density at radius 1 is 1.47 bits per heavy atom. The van der Waals surface area contributed by atoms with Gasteiger partial charge in [-0.05, 0) is 18.8 Å². The van der Waals surface area contributed by atoms with E-state index in [9.17, 15) is 9.59 Å². The predicted octanol–water partition coefficient (Wildman–Crippen LogP) is 2.07. The lowest BCUT2D eigenvalue weighted by molar-refractivity contribution is -0.120. The molecule has 1 aromatic rings. The molecule has 0 amide bonds. The van der Waals surface area contributed by atoms with Crippen molar-refractivity contribution in [3.05, 3.63) is 16.1 Å². The number of carbonyl (C=O) groups is 2. The smallest absolute Gasteiger partial charge is 0.365 e. The van der Waals surface area contributed by atoms with Crippen LogP contribution in [0.2, 0.25) is 0 Å². The number of carboxylic acids is 1. The zero-order valence-electron chi connectivity index (χ0n) is 8.10. The number of carbonyl (C=O) groups excluding carboxylic acids is 1. The molecule has 1 aliphatic rings. The van der Waals surface area contributed by atoms with E-state index in [4.69, 9.17) is 5.11 Å². The summed E-state index contributed by atoms with van der Waals surface area (Å²) in [7, 11) is 0. The van der Waals surface area contributed by atoms with E-state index in [1.54, 1.807) is 6.20 Å². The number of ketones is 1. The van der Waals surface area contributed by atoms with Crippen molar-refractivity contribution in [3.63, 3.8) is 0 Å². The molecule has 1 aliphatic carbocycles. The lowest BCUT2D eigenvalue weighted by atomic mass is 9.88. The molecule has 5 heteroatoms. The molecular weight excluding hydrogens is 214 g/mol. The molecule has 4 nitrogen and oxygen atoms in total. The highest BCUT2D eigenvalue weighted by Crippen LogP contribution is 2.34. The van der Waals surface area contributed by atoms with Crippen LogP contribution < -0.4 is 0 Å². The van der Waals surface area contributed by atoms with Gasteiger partial charge in [0.1, 0.15) is 5.78 Å². The Labute approximate surface area is 91.0 Å². The molecule has 0 aliphatic heterocycles. The molecule has 0 unspecified atom stereocenters. The van der Waals surface area contributed by atoms with Crippen LogP contribution in [0.5, 0.6) is 0 Å². The molecule has 1 fully saturated rings. The zero-order valence-corrected chi connectivity index (χ0v) is 8.92. The maximum atomic E-state index is 11.0. The van der Waals surface area contributed by atoms with Crippen LogP contribution in [0.15, 0.2) is 6.20 Å². The molecule has 0 bridgehead atoms. The molecule has 15 heavy (non-hydrogen) atoms. The highest BCUT2D eigenvalue weighted by atomic mass is 32.1. The van der Waals surface area contributed by atoms with E-state index in [1.165, 1.54) is 11.3 Å². The molecular formula is C10H11NO3S. The van der Waals surface area contributed by atoms with Crippen molar-refractivity contribution in [2.24, 2.45) is 0 Å². The summed E-state index contributed by atoms with van der Waals surface area (Å²) in [6, 6.07) is 0. The normalized spacial score (nSPS) is 18.0. The van der Waals surface area contributed by atoms with Crippen molar-refractivity contribution in [2.75, 3.05) is 0 Å². The van der Waals surface area contributed by atoms with Gasteiger partial charge in [-0.2, -0.15) is 0 Å². The molecule has 80 valence electrons. The third kappa shape index (κ3) is 2.23. The van der Waals surface area contributed by atoms with E-state index < -0.39 is 5.97 Å². The monoisotopic (exact) mass is 225 g/mol. The fraction of sp³-hybridized carbons (Fsp3) is 0.500. The van der Waals surface area contributed by atoms with Crippen LogP contribution in [0, 0.1) is 0 Å². The van der Waals surface area contributed by atoms with Crippen LogP contribution >= 0.6 is 11.3 Å². The maximum absolute atomic E-state index is 11.0. The van der Waals surface area contributed by atoms with Crippen LogP contribution in [-0.4, -0.2) is 21.8 Å². The largest absolute Gasteiger partial charge is 0.476 e. The summed E-state index contributed by atoms with van der Waals surface area (Å²) >= 11 is 1.23. The SMILES string of the molecule is O=C1CCC(c2cnc(C(=O)O)s2)CC1. The van der Waals surface area contributed by atoms with E-state index in [-0.39, 0.29) is 5.01 Å². The summed E-state index contributed by atoms with van der Waals surface area (Å²) in [5.41, 5.74) is 0. The molecule has 1 aromatic heterocycles. The predicted molar refractivity (Wildman–Crippen MR) is 55.3 cm³/mol. The third-order valence-electron chi connectivity index (χ3n) is 2.65. The molecule has 0 aromatic carbocycles. The topological polar surface area (TPSA) is 67.3 Å². The van der Waals surface area contributed by atoms with Gasteiger partial charge in [0.2, 0.25) is 5.01 Å². The van der Waals surface area contributed by atoms with Crippen LogP contribution in [0.25, 0.3) is 0 Å². The fourth-order valence-corrected chi connectivity index (χ4v) is 2.72. The van der Waals surface area contributed by atoms with Gasteiger partial charge in [0.15, 0.2) is 0 Å². The Morgan fingerprint density at radius 2 is 2.13 bits per heavy atom. The van der Waals surface area contributed by atoms with E-state index in [0.29, 0.717) is 24.5 Å². The number of thiazole rings is 1. The zero-order chi connectivity index (χ0) is 10.8. The van der Waals surface area contributed by atoms with Crippen molar-refractivity contribution >= 4 is 23.1 Å². The van der Waals surface area contributed by atoms with E-state index >= 15 is 0 Å². The summed E-state index contributed by atoms with van der Waals surface area (Å²) in [5.74, 6) is -0.333. The third-order valence-corrected chi connectivity index (χ3v) is 3.80. The molecule has 0 saturated heterocycles. The van der Waals surface area contributed by atoms with Crippen LogP contribution in [0.4, 0.5) is 0 Å². The molecule has 1 saturated carbocycles. The minimum atomic E-state index is -0.974. The van der Waals surface area contributed by atoms with Crippen molar-refractivity contribution < 1.29 is 14.7 Å². The number of Topliss-reactive ketones (excluding diaryl/α,β-unsaturated/α-hetero) is 1. The lowest BCUT2D eigenvalue weighted by Gasteiger charge is -2.18. The highest BCUT2D eigenvalue weighted by molar-refractivity contribution is 7.13. The molecule has 0 spiro atoms. The number of carboxylic acid groups (broad SMARTS) is 1. The standard InChI is InChI=1S/C10H11NO3S/c12-7-3-1-6(2-4-7)8-5-11-9(15-8)10(13)14/h5-6H,1-4H2,(H,13,14). The summed E-state index contributed by atoms with van der Waals surface area (Å²) in [6.07, 6.45) is 4.53. The van der Waals surface area contributed by atoms with Gasteiger partial charge in [0.25, 0.3) is 0 Å². The summed E-state index contributed by atoms with van der Waals surface area (Å²) in [6.45, 7) is 0. The number of hydrogen-bond acceptors (Lipinski definition) is 4. The average molecular weight is 225 g/mol. The Bertz CT molecular complexity index is 389. The first kappa shape index (κ1) is 10.3. The van der Waals surface area contributed by atoms with Gasteiger partial charge in [0.05, 0.1) is 0 Å². The number of nitrogens with zero attached hydrogens (tertiary/aromatic N) is 1. The fourth-order valence-electron chi connectivity index (χ4n) is 1.80. The molecule has 0 radical (unpaired) electrons. The molecule has 1 heterocycles. The average Bonchev–Trinajstić information content (AvgIpc) is 2.68. The van der Waals surface area contributed by atoms with E-state index in [1.807, 2.05) is 0 Å². The Kier molecular flexibility index (Phi) is 2.81. The van der Waals surface area contributed by atoms with Crippen LogP contribution in [-0.2, 0) is 4.79 Å². The lowest BCUT2D eigenvalue weighted by Crippen LogP contribution is -2.11. The second-order valence-electron chi connectivity index (χ2n) is 3.69. The highest BCUT2D eigenvalue weighted by Gasteiger charge is 2.22. The van der Waals surface area contributed by atoms with Gasteiger partial charge in [0, 0.05) is 23.9 Å². The van der Waals surface area contributed by atoms with Gasteiger partial charge in [-0.1, -0.05) is 0 Å². The quantitative estimate of drug-likeness (QED) is 0.836. The number of rotatable bonds is 2. The summed E-state index contributed by atoms with van der Waals surface area (Å²) in [5, 5.41) is 8.87. The van der Waals surface area contributed by atoms with Crippen molar-refractivity contribution in [1.82, 2.24) is 4.98 Å². The summed E-state index contributed by atoms with van der Waals surface area (Å²) in [4.78, 5) is 26.5. The van der Waals surface area contributed by atoms with Gasteiger partial charge in [-0.3, -0.25) is 4.79 Å². The Balaban J connectivity index is 2.09. The van der Waals surface area contributed by atoms with Crippen LogP contribution in [0.1, 0.15) is 46.3 Å². The number of aromatic nitrogens is 1.